The van der Waals surface area contributed by atoms with Gasteiger partial charge in [-0.25, -0.2) is 15.0 Å². The smallest absolute Gasteiger partial charge is 0.165 e. The number of hydrogen-bond donors (Lipinski definition) is 0. The molecule has 3 aliphatic rings. The largest absolute Gasteiger partial charge is 0.327 e. The van der Waals surface area contributed by atoms with E-state index in [4.69, 9.17) is 9.97 Å². The molecular formula is C17H22Cl2N6. The first kappa shape index (κ1) is 19.4. The van der Waals surface area contributed by atoms with Crippen molar-refractivity contribution in [3.8, 4) is 11.5 Å². The van der Waals surface area contributed by atoms with Crippen molar-refractivity contribution in [2.75, 3.05) is 11.9 Å². The summed E-state index contributed by atoms with van der Waals surface area (Å²) < 4.78 is 2.11. The third-order valence-electron chi connectivity index (χ3n) is 4.24. The number of rotatable bonds is 5. The molecular weight excluding hydrogens is 359 g/mol. The van der Waals surface area contributed by atoms with Crippen LogP contribution < -0.4 is 4.90 Å². The molecule has 1 aromatic heterocycles. The van der Waals surface area contributed by atoms with Crippen LogP contribution in [0.2, 0.25) is 0 Å². The molecule has 0 bridgehead atoms. The molecule has 25 heavy (non-hydrogen) atoms. The van der Waals surface area contributed by atoms with Gasteiger partial charge in [0.05, 0.1) is 6.33 Å². The number of fused-ring (bicyclic) bond motifs is 1. The van der Waals surface area contributed by atoms with Gasteiger partial charge < -0.3 is 9.47 Å². The summed E-state index contributed by atoms with van der Waals surface area (Å²) in [6.07, 6.45) is 8.90. The van der Waals surface area contributed by atoms with Crippen molar-refractivity contribution in [3.05, 3.63) is 36.7 Å². The number of halogens is 2. The number of hydrogen-bond acceptors (Lipinski definition) is 5. The minimum Gasteiger partial charge on any atom is -0.327 e. The van der Waals surface area contributed by atoms with Gasteiger partial charge in [-0.15, -0.1) is 24.8 Å². The van der Waals surface area contributed by atoms with Crippen LogP contribution in [0.25, 0.3) is 11.5 Å². The predicted molar refractivity (Wildman–Crippen MR) is 104 cm³/mol. The Bertz CT molecular complexity index is 787. The standard InChI is InChI=1S/C17H20N6.2ClH/c1-3-10-23-11-19-16(22(2)13-6-8-18-9-7-13)14-17(23)21-15(20-14)12-4-5-12;;/h6-9,11-12H,3-5,10H2,1-2H3;2*1H. The average Bonchev–Trinajstić information content (AvgIpc) is 3.34. The molecule has 0 amide bonds. The molecule has 6 nitrogen and oxygen atoms in total. The van der Waals surface area contributed by atoms with Gasteiger partial charge in [-0.2, -0.15) is 0 Å². The quantitative estimate of drug-likeness (QED) is 0.667. The van der Waals surface area contributed by atoms with Gasteiger partial charge in [0.25, 0.3) is 0 Å². The second-order valence-electron chi connectivity index (χ2n) is 6.05. The SMILES string of the molecule is CCCn1cnc(N(C)c2ccncc2)c2nc(C3CC3)nc1-2.Cl.Cl. The summed E-state index contributed by atoms with van der Waals surface area (Å²) in [4.78, 5) is 20.4. The zero-order valence-electron chi connectivity index (χ0n) is 14.3. The first-order chi connectivity index (χ1) is 11.3. The van der Waals surface area contributed by atoms with Crippen molar-refractivity contribution in [1.82, 2.24) is 24.5 Å². The van der Waals surface area contributed by atoms with Gasteiger partial charge in [-0.1, -0.05) is 6.92 Å². The molecule has 1 aliphatic carbocycles. The molecule has 0 saturated heterocycles. The molecule has 3 heterocycles. The Morgan fingerprint density at radius 1 is 1.16 bits per heavy atom. The lowest BCUT2D eigenvalue weighted by Crippen LogP contribution is -2.16. The highest BCUT2D eigenvalue weighted by Crippen LogP contribution is 2.41. The van der Waals surface area contributed by atoms with Crippen molar-refractivity contribution in [2.45, 2.75) is 38.6 Å². The van der Waals surface area contributed by atoms with Crippen LogP contribution in [-0.4, -0.2) is 31.6 Å². The van der Waals surface area contributed by atoms with Crippen molar-refractivity contribution in [3.63, 3.8) is 0 Å². The van der Waals surface area contributed by atoms with E-state index < -0.39 is 0 Å². The summed E-state index contributed by atoms with van der Waals surface area (Å²) >= 11 is 0. The van der Waals surface area contributed by atoms with Crippen LogP contribution in [-0.2, 0) is 6.54 Å². The zero-order chi connectivity index (χ0) is 15.8. The average molecular weight is 381 g/mol. The number of aromatic nitrogens is 5. The summed E-state index contributed by atoms with van der Waals surface area (Å²) in [5.41, 5.74) is 1.93. The monoisotopic (exact) mass is 380 g/mol. The Balaban J connectivity index is 0.00000113. The third kappa shape index (κ3) is 3.70. The molecule has 1 saturated carbocycles. The highest BCUT2D eigenvalue weighted by atomic mass is 35.5. The normalized spacial score (nSPS) is 13.2. The summed E-state index contributed by atoms with van der Waals surface area (Å²) in [5, 5.41) is 0. The van der Waals surface area contributed by atoms with Crippen molar-refractivity contribution in [1.29, 1.82) is 0 Å². The van der Waals surface area contributed by atoms with Gasteiger partial charge in [0.1, 0.15) is 5.82 Å². The van der Waals surface area contributed by atoms with Gasteiger partial charge in [-0.05, 0) is 31.4 Å². The molecule has 0 aromatic carbocycles. The topological polar surface area (TPSA) is 59.7 Å². The Kier molecular flexibility index (Phi) is 6.19. The van der Waals surface area contributed by atoms with Crippen LogP contribution in [0.5, 0.6) is 0 Å². The molecule has 0 N–H and O–H groups in total. The molecule has 0 radical (unpaired) electrons. The second-order valence-corrected chi connectivity index (χ2v) is 6.05. The van der Waals surface area contributed by atoms with E-state index in [2.05, 4.69) is 21.5 Å². The number of pyridine rings is 1. The number of nitrogens with zero attached hydrogens (tertiary/aromatic N) is 6. The Morgan fingerprint density at radius 3 is 2.52 bits per heavy atom. The lowest BCUT2D eigenvalue weighted by Gasteiger charge is -2.21. The van der Waals surface area contributed by atoms with Gasteiger partial charge in [0.2, 0.25) is 0 Å². The molecule has 134 valence electrons. The molecule has 0 unspecified atom stereocenters. The van der Waals surface area contributed by atoms with Crippen LogP contribution in [0.15, 0.2) is 30.9 Å². The van der Waals surface area contributed by atoms with Crippen LogP contribution in [0, 0.1) is 0 Å². The first-order valence-electron chi connectivity index (χ1n) is 8.14. The molecule has 0 atom stereocenters. The van der Waals surface area contributed by atoms with E-state index in [-0.39, 0.29) is 24.8 Å². The predicted octanol–water partition coefficient (Wildman–Crippen LogP) is 4.07. The van der Waals surface area contributed by atoms with Crippen molar-refractivity contribution >= 4 is 36.3 Å². The zero-order valence-corrected chi connectivity index (χ0v) is 15.9. The lowest BCUT2D eigenvalue weighted by molar-refractivity contribution is 0.658. The summed E-state index contributed by atoms with van der Waals surface area (Å²) in [6.45, 7) is 3.07. The number of imidazole rings is 1. The van der Waals surface area contributed by atoms with Gasteiger partial charge >= 0.3 is 0 Å². The van der Waals surface area contributed by atoms with E-state index in [1.54, 1.807) is 12.4 Å². The van der Waals surface area contributed by atoms with Crippen molar-refractivity contribution < 1.29 is 0 Å². The van der Waals surface area contributed by atoms with Gasteiger partial charge in [0, 0.05) is 37.6 Å². The summed E-state index contributed by atoms with van der Waals surface area (Å²) in [6, 6.07) is 3.94. The molecule has 8 heteroatoms. The maximum Gasteiger partial charge on any atom is 0.165 e. The van der Waals surface area contributed by atoms with Gasteiger partial charge in [0.15, 0.2) is 17.3 Å². The molecule has 1 fully saturated rings. The maximum absolute atomic E-state index is 4.81. The highest BCUT2D eigenvalue weighted by molar-refractivity contribution is 5.85. The Morgan fingerprint density at radius 2 is 1.88 bits per heavy atom. The van der Waals surface area contributed by atoms with Crippen LogP contribution in [0.4, 0.5) is 11.5 Å². The Hall–Kier alpha value is -1.92. The van der Waals surface area contributed by atoms with Crippen LogP contribution in [0.3, 0.4) is 0 Å². The fraction of sp³-hybridized carbons (Fsp3) is 0.412. The van der Waals surface area contributed by atoms with E-state index in [9.17, 15) is 0 Å². The molecule has 2 aliphatic heterocycles. The first-order valence-corrected chi connectivity index (χ1v) is 8.14. The fourth-order valence-electron chi connectivity index (χ4n) is 2.81. The van der Waals surface area contributed by atoms with E-state index in [1.807, 2.05) is 30.4 Å². The number of anilines is 2. The highest BCUT2D eigenvalue weighted by Gasteiger charge is 2.31. The summed E-state index contributed by atoms with van der Waals surface area (Å²) in [7, 11) is 2.01. The van der Waals surface area contributed by atoms with Crippen LogP contribution in [0.1, 0.15) is 37.9 Å². The Labute approximate surface area is 159 Å². The minimum absolute atomic E-state index is 0. The van der Waals surface area contributed by atoms with Crippen molar-refractivity contribution in [2.24, 2.45) is 0 Å². The second kappa shape index (κ2) is 7.97. The third-order valence-corrected chi connectivity index (χ3v) is 4.24. The fourth-order valence-corrected chi connectivity index (χ4v) is 2.81. The minimum atomic E-state index is 0. The lowest BCUT2D eigenvalue weighted by atomic mass is 10.3. The molecule has 0 spiro atoms. The van der Waals surface area contributed by atoms with Crippen LogP contribution >= 0.6 is 24.8 Å². The van der Waals surface area contributed by atoms with Gasteiger partial charge in [-0.3, -0.25) is 4.98 Å². The maximum atomic E-state index is 4.81. The van der Waals surface area contributed by atoms with E-state index in [1.165, 1.54) is 12.8 Å². The molecule has 1 aromatic rings. The van der Waals surface area contributed by atoms with E-state index >= 15 is 0 Å². The van der Waals surface area contributed by atoms with E-state index in [0.717, 1.165) is 41.8 Å². The summed E-state index contributed by atoms with van der Waals surface area (Å²) in [5.74, 6) is 3.30. The molecule has 4 rings (SSSR count). The number of aryl methyl sites for hydroxylation is 1. The van der Waals surface area contributed by atoms with E-state index in [0.29, 0.717) is 5.92 Å².